The van der Waals surface area contributed by atoms with Crippen molar-refractivity contribution in [1.82, 2.24) is 14.6 Å². The first kappa shape index (κ1) is 19.7. The summed E-state index contributed by atoms with van der Waals surface area (Å²) in [5.74, 6) is 0.569. The number of nitrogens with zero attached hydrogens (tertiary/aromatic N) is 4. The minimum atomic E-state index is 0.499. The molecule has 5 aromatic rings. The van der Waals surface area contributed by atoms with Gasteiger partial charge < -0.3 is 0 Å². The topological polar surface area (TPSA) is 54.0 Å². The Kier molecular flexibility index (Phi) is 5.14. The maximum atomic E-state index is 10.1. The number of hydrogen-bond acceptors (Lipinski definition) is 3. The van der Waals surface area contributed by atoms with E-state index in [0.717, 1.165) is 36.9 Å². The number of nitriles is 1. The molecule has 0 radical (unpaired) electrons. The van der Waals surface area contributed by atoms with Crippen molar-refractivity contribution in [1.29, 1.82) is 5.26 Å². The van der Waals surface area contributed by atoms with Gasteiger partial charge in [0, 0.05) is 25.6 Å². The van der Waals surface area contributed by atoms with Crippen molar-refractivity contribution in [3.8, 4) is 39.8 Å². The summed E-state index contributed by atoms with van der Waals surface area (Å²) in [4.78, 5) is 4.79. The van der Waals surface area contributed by atoms with Gasteiger partial charge in [0.05, 0.1) is 5.69 Å². The van der Waals surface area contributed by atoms with Gasteiger partial charge in [0.2, 0.25) is 0 Å². The van der Waals surface area contributed by atoms with Crippen LogP contribution in [0.15, 0.2) is 93.9 Å². The van der Waals surface area contributed by atoms with Crippen LogP contribution in [0.2, 0.25) is 0 Å². The summed E-state index contributed by atoms with van der Waals surface area (Å²) >= 11 is 7.07. The van der Waals surface area contributed by atoms with Gasteiger partial charge in [0.15, 0.2) is 11.5 Å². The van der Waals surface area contributed by atoms with Gasteiger partial charge in [-0.25, -0.2) is 9.50 Å². The summed E-state index contributed by atoms with van der Waals surface area (Å²) in [6.45, 7) is 0. The summed E-state index contributed by atoms with van der Waals surface area (Å²) in [6.07, 6.45) is 0. The average molecular weight is 530 g/mol. The molecule has 0 unspecified atom stereocenters. The Balaban J connectivity index is 1.86. The monoisotopic (exact) mass is 528 g/mol. The molecule has 0 spiro atoms. The summed E-state index contributed by atoms with van der Waals surface area (Å²) in [7, 11) is 0. The van der Waals surface area contributed by atoms with Gasteiger partial charge in [-0.05, 0) is 35.9 Å². The van der Waals surface area contributed by atoms with Gasteiger partial charge in [-0.3, -0.25) is 0 Å². The smallest absolute Gasteiger partial charge is 0.182 e. The molecule has 31 heavy (non-hydrogen) atoms. The van der Waals surface area contributed by atoms with Crippen LogP contribution in [0.4, 0.5) is 0 Å². The van der Waals surface area contributed by atoms with Crippen molar-refractivity contribution in [2.45, 2.75) is 0 Å². The second kappa shape index (κ2) is 8.10. The summed E-state index contributed by atoms with van der Waals surface area (Å²) in [5, 5.41) is 14.9. The summed E-state index contributed by atoms with van der Waals surface area (Å²) in [5.41, 5.74) is 5.55. The largest absolute Gasteiger partial charge is 0.211 e. The molecule has 0 amide bonds. The van der Waals surface area contributed by atoms with E-state index >= 15 is 0 Å². The van der Waals surface area contributed by atoms with Crippen molar-refractivity contribution in [2.24, 2.45) is 0 Å². The minimum absolute atomic E-state index is 0.499. The second-order valence-corrected chi connectivity index (χ2v) is 8.82. The highest BCUT2D eigenvalue weighted by Crippen LogP contribution is 2.34. The maximum absolute atomic E-state index is 10.1. The Morgan fingerprint density at radius 1 is 0.742 bits per heavy atom. The van der Waals surface area contributed by atoms with Gasteiger partial charge in [-0.15, -0.1) is 5.10 Å². The molecule has 2 aromatic heterocycles. The molecule has 0 aliphatic carbocycles. The third kappa shape index (κ3) is 3.67. The highest BCUT2D eigenvalue weighted by molar-refractivity contribution is 9.10. The molecule has 0 aliphatic rings. The van der Waals surface area contributed by atoms with E-state index in [-0.39, 0.29) is 0 Å². The molecule has 0 fully saturated rings. The van der Waals surface area contributed by atoms with Crippen LogP contribution in [-0.2, 0) is 0 Å². The van der Waals surface area contributed by atoms with Crippen LogP contribution >= 0.6 is 31.9 Å². The molecule has 0 saturated heterocycles. The van der Waals surface area contributed by atoms with Crippen LogP contribution < -0.4 is 0 Å². The number of benzene rings is 3. The lowest BCUT2D eigenvalue weighted by molar-refractivity contribution is 0.972. The van der Waals surface area contributed by atoms with E-state index in [1.807, 2.05) is 84.9 Å². The highest BCUT2D eigenvalue weighted by atomic mass is 79.9. The fraction of sp³-hybridized carbons (Fsp3) is 0. The summed E-state index contributed by atoms with van der Waals surface area (Å²) in [6, 6.07) is 30.2. The molecule has 0 atom stereocenters. The van der Waals surface area contributed by atoms with Crippen LogP contribution in [-0.4, -0.2) is 14.6 Å². The van der Waals surface area contributed by atoms with Crippen molar-refractivity contribution in [3.63, 3.8) is 0 Å². The lowest BCUT2D eigenvalue weighted by atomic mass is 9.99. The lowest BCUT2D eigenvalue weighted by Gasteiger charge is -2.11. The van der Waals surface area contributed by atoms with E-state index in [1.54, 1.807) is 4.52 Å². The third-order valence-electron chi connectivity index (χ3n) is 5.01. The molecule has 4 nitrogen and oxygen atoms in total. The van der Waals surface area contributed by atoms with E-state index in [2.05, 4.69) is 37.9 Å². The molecule has 0 aliphatic heterocycles. The van der Waals surface area contributed by atoms with Crippen molar-refractivity contribution < 1.29 is 0 Å². The Morgan fingerprint density at radius 3 is 2.06 bits per heavy atom. The highest BCUT2D eigenvalue weighted by Gasteiger charge is 2.19. The number of pyridine rings is 1. The number of halogens is 2. The molecule has 0 bridgehead atoms. The molecular formula is C25H14Br2N4. The Labute approximate surface area is 196 Å². The first-order valence-corrected chi connectivity index (χ1v) is 11.1. The van der Waals surface area contributed by atoms with Crippen LogP contribution in [0.25, 0.3) is 39.4 Å². The standard InChI is InChI=1S/C25H14Br2N4/c26-19-10-4-8-17(12-19)23-14-21(16-6-2-1-3-7-16)22(15-28)25-29-24(30-31(23)25)18-9-5-11-20(27)13-18/h1-14H. The quantitative estimate of drug-likeness (QED) is 0.250. The zero-order chi connectivity index (χ0) is 21.4. The van der Waals surface area contributed by atoms with Crippen LogP contribution in [0.5, 0.6) is 0 Å². The molecule has 6 heteroatoms. The van der Waals surface area contributed by atoms with Crippen molar-refractivity contribution in [2.75, 3.05) is 0 Å². The molecule has 2 heterocycles. The first-order chi connectivity index (χ1) is 15.1. The van der Waals surface area contributed by atoms with E-state index in [4.69, 9.17) is 10.1 Å². The average Bonchev–Trinajstić information content (AvgIpc) is 3.24. The molecule has 5 rings (SSSR count). The predicted octanol–water partition coefficient (Wildman–Crippen LogP) is 7.13. The fourth-order valence-electron chi connectivity index (χ4n) is 3.59. The van der Waals surface area contributed by atoms with Gasteiger partial charge in [-0.2, -0.15) is 5.26 Å². The predicted molar refractivity (Wildman–Crippen MR) is 129 cm³/mol. The minimum Gasteiger partial charge on any atom is -0.211 e. The van der Waals surface area contributed by atoms with E-state index in [0.29, 0.717) is 17.0 Å². The third-order valence-corrected chi connectivity index (χ3v) is 6.00. The van der Waals surface area contributed by atoms with Crippen molar-refractivity contribution >= 4 is 37.5 Å². The van der Waals surface area contributed by atoms with Crippen LogP contribution in [0.3, 0.4) is 0 Å². The number of fused-ring (bicyclic) bond motifs is 1. The van der Waals surface area contributed by atoms with E-state index in [9.17, 15) is 5.26 Å². The number of aromatic nitrogens is 3. The van der Waals surface area contributed by atoms with Gasteiger partial charge in [0.25, 0.3) is 0 Å². The first-order valence-electron chi connectivity index (χ1n) is 9.55. The SMILES string of the molecule is N#Cc1c(-c2ccccc2)cc(-c2cccc(Br)c2)n2nc(-c3cccc(Br)c3)nc12. The summed E-state index contributed by atoms with van der Waals surface area (Å²) < 4.78 is 3.68. The molecule has 0 saturated carbocycles. The molecular weight excluding hydrogens is 516 g/mol. The molecule has 148 valence electrons. The zero-order valence-electron chi connectivity index (χ0n) is 16.1. The van der Waals surface area contributed by atoms with Gasteiger partial charge in [-0.1, -0.05) is 86.5 Å². The Hall–Kier alpha value is -3.27. The lowest BCUT2D eigenvalue weighted by Crippen LogP contribution is -1.99. The van der Waals surface area contributed by atoms with Gasteiger partial charge >= 0.3 is 0 Å². The van der Waals surface area contributed by atoms with Gasteiger partial charge in [0.1, 0.15) is 11.6 Å². The Morgan fingerprint density at radius 2 is 1.39 bits per heavy atom. The maximum Gasteiger partial charge on any atom is 0.182 e. The Bertz CT molecular complexity index is 1470. The number of rotatable bonds is 3. The molecule has 0 N–H and O–H groups in total. The zero-order valence-corrected chi connectivity index (χ0v) is 19.3. The second-order valence-electron chi connectivity index (χ2n) is 6.99. The fourth-order valence-corrected chi connectivity index (χ4v) is 4.39. The van der Waals surface area contributed by atoms with Crippen molar-refractivity contribution in [3.05, 3.63) is 99.4 Å². The van der Waals surface area contributed by atoms with E-state index < -0.39 is 0 Å². The van der Waals surface area contributed by atoms with E-state index in [1.165, 1.54) is 0 Å². The molecule has 3 aromatic carbocycles. The van der Waals surface area contributed by atoms with Crippen LogP contribution in [0, 0.1) is 11.3 Å². The number of hydrogen-bond donors (Lipinski definition) is 0. The normalized spacial score (nSPS) is 10.9. The van der Waals surface area contributed by atoms with Crippen LogP contribution in [0.1, 0.15) is 5.56 Å².